The summed E-state index contributed by atoms with van der Waals surface area (Å²) in [6.07, 6.45) is 0. The molecule has 3 nitrogen and oxygen atoms in total. The summed E-state index contributed by atoms with van der Waals surface area (Å²) in [5, 5.41) is 0.886. The van der Waals surface area contributed by atoms with Gasteiger partial charge in [-0.3, -0.25) is 0 Å². The minimum Gasteiger partial charge on any atom is -0.439 e. The van der Waals surface area contributed by atoms with E-state index in [1.807, 2.05) is 6.92 Å². The fraction of sp³-hybridized carbons (Fsp3) is 0.0769. The van der Waals surface area contributed by atoms with Crippen molar-refractivity contribution >= 4 is 40.4 Å². The average molecular weight is 313 g/mol. The van der Waals surface area contributed by atoms with Crippen LogP contribution < -0.4 is 10.5 Å². The van der Waals surface area contributed by atoms with Crippen LogP contribution in [-0.2, 0) is 0 Å². The molecule has 2 rings (SSSR count). The number of hydrogen-bond donors (Lipinski definition) is 1. The van der Waals surface area contributed by atoms with Gasteiger partial charge < -0.3 is 10.5 Å². The van der Waals surface area contributed by atoms with Gasteiger partial charge in [0.1, 0.15) is 10.7 Å². The van der Waals surface area contributed by atoms with E-state index >= 15 is 0 Å². The standard InChI is InChI=1S/C13H10Cl2N2OS/c1-7-4-8(13(16)19)5-12(17-7)18-9-2-3-10(14)11(15)6-9/h2-6H,1H3,(H2,16,19). The van der Waals surface area contributed by atoms with Gasteiger partial charge in [0.05, 0.1) is 10.0 Å². The van der Waals surface area contributed by atoms with E-state index in [1.165, 1.54) is 0 Å². The zero-order valence-electron chi connectivity index (χ0n) is 9.98. The Bertz CT molecular complexity index is 647. The lowest BCUT2D eigenvalue weighted by molar-refractivity contribution is 0.461. The van der Waals surface area contributed by atoms with Crippen LogP contribution in [0.5, 0.6) is 11.6 Å². The molecular weight excluding hydrogens is 303 g/mol. The molecule has 1 aromatic heterocycles. The van der Waals surface area contributed by atoms with E-state index in [9.17, 15) is 0 Å². The summed E-state index contributed by atoms with van der Waals surface area (Å²) >= 11 is 16.7. The van der Waals surface area contributed by atoms with Gasteiger partial charge in [0, 0.05) is 23.4 Å². The van der Waals surface area contributed by atoms with Crippen molar-refractivity contribution in [2.75, 3.05) is 0 Å². The van der Waals surface area contributed by atoms with Crippen LogP contribution >= 0.6 is 35.4 Å². The number of benzene rings is 1. The lowest BCUT2D eigenvalue weighted by Crippen LogP contribution is -2.10. The highest BCUT2D eigenvalue weighted by molar-refractivity contribution is 7.80. The van der Waals surface area contributed by atoms with Crippen LogP contribution in [-0.4, -0.2) is 9.97 Å². The van der Waals surface area contributed by atoms with Crippen molar-refractivity contribution in [2.24, 2.45) is 5.73 Å². The molecule has 2 aromatic rings. The number of ether oxygens (including phenoxy) is 1. The van der Waals surface area contributed by atoms with Gasteiger partial charge in [0.15, 0.2) is 0 Å². The summed E-state index contributed by atoms with van der Waals surface area (Å²) in [4.78, 5) is 4.55. The fourth-order valence-corrected chi connectivity index (χ4v) is 1.90. The summed E-state index contributed by atoms with van der Waals surface area (Å²) in [5.41, 5.74) is 7.07. The third-order valence-corrected chi connectivity index (χ3v) is 3.30. The molecule has 0 aliphatic rings. The number of pyridine rings is 1. The Hall–Kier alpha value is -1.36. The number of halogens is 2. The summed E-state index contributed by atoms with van der Waals surface area (Å²) in [6.45, 7) is 1.84. The molecule has 19 heavy (non-hydrogen) atoms. The maximum absolute atomic E-state index is 5.92. The smallest absolute Gasteiger partial charge is 0.220 e. The second kappa shape index (κ2) is 5.74. The normalized spacial score (nSPS) is 10.3. The minimum absolute atomic E-state index is 0.296. The Kier molecular flexibility index (Phi) is 4.24. The molecule has 0 aliphatic heterocycles. The first-order valence-electron chi connectivity index (χ1n) is 5.37. The van der Waals surface area contributed by atoms with Crippen molar-refractivity contribution < 1.29 is 4.74 Å². The maximum Gasteiger partial charge on any atom is 0.220 e. The number of rotatable bonds is 3. The molecule has 1 heterocycles. The number of nitrogens with zero attached hydrogens (tertiary/aromatic N) is 1. The van der Waals surface area contributed by atoms with Gasteiger partial charge in [-0.1, -0.05) is 35.4 Å². The third kappa shape index (κ3) is 3.56. The van der Waals surface area contributed by atoms with Gasteiger partial charge in [-0.2, -0.15) is 0 Å². The molecule has 98 valence electrons. The van der Waals surface area contributed by atoms with E-state index in [2.05, 4.69) is 4.98 Å². The Morgan fingerprint density at radius 2 is 1.95 bits per heavy atom. The summed E-state index contributed by atoms with van der Waals surface area (Å²) < 4.78 is 5.62. The van der Waals surface area contributed by atoms with Gasteiger partial charge >= 0.3 is 0 Å². The van der Waals surface area contributed by atoms with Crippen LogP contribution in [0.2, 0.25) is 10.0 Å². The second-order valence-corrected chi connectivity index (χ2v) is 5.13. The Balaban J connectivity index is 2.32. The Morgan fingerprint density at radius 3 is 2.58 bits per heavy atom. The SMILES string of the molecule is Cc1cc(C(N)=S)cc(Oc2ccc(Cl)c(Cl)c2)n1. The van der Waals surface area contributed by atoms with Crippen LogP contribution in [0.15, 0.2) is 30.3 Å². The lowest BCUT2D eigenvalue weighted by atomic mass is 10.2. The van der Waals surface area contributed by atoms with Crippen LogP contribution in [0.25, 0.3) is 0 Å². The molecule has 0 atom stereocenters. The molecule has 2 N–H and O–H groups in total. The molecule has 0 aliphatic carbocycles. The fourth-order valence-electron chi connectivity index (χ4n) is 1.49. The zero-order valence-corrected chi connectivity index (χ0v) is 12.3. The van der Waals surface area contributed by atoms with Crippen LogP contribution in [0.3, 0.4) is 0 Å². The van der Waals surface area contributed by atoms with Crippen molar-refractivity contribution in [2.45, 2.75) is 6.92 Å². The van der Waals surface area contributed by atoms with Gasteiger partial charge in [0.25, 0.3) is 0 Å². The number of aromatic nitrogens is 1. The zero-order chi connectivity index (χ0) is 14.0. The molecule has 0 unspecified atom stereocenters. The first-order chi connectivity index (χ1) is 8.95. The third-order valence-electron chi connectivity index (χ3n) is 2.33. The first-order valence-corrected chi connectivity index (χ1v) is 6.53. The van der Waals surface area contributed by atoms with Crippen molar-refractivity contribution in [1.29, 1.82) is 0 Å². The molecule has 0 saturated carbocycles. The summed E-state index contributed by atoms with van der Waals surface area (Å²) in [7, 11) is 0. The monoisotopic (exact) mass is 312 g/mol. The van der Waals surface area contributed by atoms with E-state index in [4.69, 9.17) is 45.9 Å². The van der Waals surface area contributed by atoms with Crippen molar-refractivity contribution in [3.8, 4) is 11.6 Å². The Morgan fingerprint density at radius 1 is 1.21 bits per heavy atom. The van der Waals surface area contributed by atoms with Crippen LogP contribution in [0.1, 0.15) is 11.3 Å². The second-order valence-electron chi connectivity index (χ2n) is 3.88. The van der Waals surface area contributed by atoms with Crippen molar-refractivity contribution in [3.63, 3.8) is 0 Å². The van der Waals surface area contributed by atoms with Gasteiger partial charge in [-0.05, 0) is 25.1 Å². The first kappa shape index (κ1) is 14.1. The van der Waals surface area contributed by atoms with Gasteiger partial charge in [0.2, 0.25) is 5.88 Å². The largest absolute Gasteiger partial charge is 0.439 e. The van der Waals surface area contributed by atoms with E-state index in [0.717, 1.165) is 5.69 Å². The van der Waals surface area contributed by atoms with Crippen molar-refractivity contribution in [1.82, 2.24) is 4.98 Å². The number of nitrogens with two attached hydrogens (primary N) is 1. The molecule has 0 spiro atoms. The van der Waals surface area contributed by atoms with Gasteiger partial charge in [-0.25, -0.2) is 4.98 Å². The predicted molar refractivity (Wildman–Crippen MR) is 81.4 cm³/mol. The van der Waals surface area contributed by atoms with E-state index < -0.39 is 0 Å². The van der Waals surface area contributed by atoms with E-state index in [0.29, 0.717) is 32.2 Å². The highest BCUT2D eigenvalue weighted by Crippen LogP contribution is 2.29. The van der Waals surface area contributed by atoms with Crippen molar-refractivity contribution in [3.05, 3.63) is 51.6 Å². The quantitative estimate of drug-likeness (QED) is 0.866. The molecule has 0 saturated heterocycles. The van der Waals surface area contributed by atoms with Crippen LogP contribution in [0.4, 0.5) is 0 Å². The number of thiocarbonyl (C=S) groups is 1. The molecule has 0 fully saturated rings. The highest BCUT2D eigenvalue weighted by Gasteiger charge is 2.06. The summed E-state index contributed by atoms with van der Waals surface area (Å²) in [6, 6.07) is 8.46. The molecule has 0 radical (unpaired) electrons. The number of aryl methyl sites for hydroxylation is 1. The average Bonchev–Trinajstić information content (AvgIpc) is 2.33. The molecule has 0 bridgehead atoms. The maximum atomic E-state index is 5.92. The molecular formula is C13H10Cl2N2OS. The Labute approximate surface area is 126 Å². The number of hydrogen-bond acceptors (Lipinski definition) is 3. The lowest BCUT2D eigenvalue weighted by Gasteiger charge is -2.08. The summed E-state index contributed by atoms with van der Waals surface area (Å²) in [5.74, 6) is 0.947. The van der Waals surface area contributed by atoms with Gasteiger partial charge in [-0.15, -0.1) is 0 Å². The van der Waals surface area contributed by atoms with Crippen LogP contribution in [0, 0.1) is 6.92 Å². The highest BCUT2D eigenvalue weighted by atomic mass is 35.5. The van der Waals surface area contributed by atoms with E-state index in [1.54, 1.807) is 30.3 Å². The minimum atomic E-state index is 0.296. The molecule has 0 amide bonds. The van der Waals surface area contributed by atoms with E-state index in [-0.39, 0.29) is 0 Å². The topological polar surface area (TPSA) is 48.1 Å². The molecule has 6 heteroatoms. The predicted octanol–water partition coefficient (Wildman–Crippen LogP) is 4.12. The molecule has 1 aromatic carbocycles.